The number of nitrogens with one attached hydrogen (secondary N) is 2. The number of rotatable bonds is 9. The zero-order valence-electron chi connectivity index (χ0n) is 18.0. The highest BCUT2D eigenvalue weighted by atomic mass is 15.2. The van der Waals surface area contributed by atoms with E-state index in [0.717, 1.165) is 48.6 Å². The molecule has 2 N–H and O–H groups in total. The van der Waals surface area contributed by atoms with Gasteiger partial charge in [0.1, 0.15) is 0 Å². The number of pyridine rings is 1. The highest BCUT2D eigenvalue weighted by molar-refractivity contribution is 5.74. The van der Waals surface area contributed by atoms with E-state index in [0.29, 0.717) is 5.82 Å². The lowest BCUT2D eigenvalue weighted by Crippen LogP contribution is -2.13. The van der Waals surface area contributed by atoms with Gasteiger partial charge in [-0.1, -0.05) is 30.3 Å². The molecule has 0 unspecified atom stereocenters. The first-order valence-corrected chi connectivity index (χ1v) is 10.6. The van der Waals surface area contributed by atoms with Crippen LogP contribution in [0, 0.1) is 0 Å². The van der Waals surface area contributed by atoms with Gasteiger partial charge in [-0.2, -0.15) is 5.10 Å². The Bertz CT molecular complexity index is 1100. The maximum Gasteiger partial charge on any atom is 0.181 e. The van der Waals surface area contributed by atoms with Crippen molar-refractivity contribution in [3.8, 4) is 22.8 Å². The van der Waals surface area contributed by atoms with E-state index in [4.69, 9.17) is 4.98 Å². The average Bonchev–Trinajstić information content (AvgIpc) is 3.29. The summed E-state index contributed by atoms with van der Waals surface area (Å²) in [6.45, 7) is 1.80. The summed E-state index contributed by atoms with van der Waals surface area (Å²) in [7, 11) is 4.21. The molecule has 6 heteroatoms. The first kappa shape index (κ1) is 20.8. The van der Waals surface area contributed by atoms with Crippen LogP contribution < -0.4 is 5.32 Å². The fourth-order valence-corrected chi connectivity index (χ4v) is 3.52. The number of aryl methyl sites for hydroxylation is 1. The van der Waals surface area contributed by atoms with Crippen LogP contribution in [0.2, 0.25) is 0 Å². The Labute approximate surface area is 183 Å². The highest BCUT2D eigenvalue weighted by Crippen LogP contribution is 2.27. The molecule has 2 heterocycles. The zero-order valence-corrected chi connectivity index (χ0v) is 18.0. The summed E-state index contributed by atoms with van der Waals surface area (Å²) in [4.78, 5) is 11.1. The minimum absolute atomic E-state index is 0.716. The lowest BCUT2D eigenvalue weighted by atomic mass is 10.1. The Morgan fingerprint density at radius 3 is 2.61 bits per heavy atom. The fourth-order valence-electron chi connectivity index (χ4n) is 3.52. The predicted molar refractivity (Wildman–Crippen MR) is 126 cm³/mol. The third kappa shape index (κ3) is 5.55. The highest BCUT2D eigenvalue weighted by Gasteiger charge is 2.12. The molecular weight excluding hydrogens is 384 g/mol. The molecule has 0 aliphatic carbocycles. The first-order valence-electron chi connectivity index (χ1n) is 10.6. The summed E-state index contributed by atoms with van der Waals surface area (Å²) in [5.74, 6) is 1.47. The molecule has 0 aliphatic rings. The molecule has 2 aromatic carbocycles. The van der Waals surface area contributed by atoms with Gasteiger partial charge in [0.2, 0.25) is 0 Å². The van der Waals surface area contributed by atoms with Crippen molar-refractivity contribution < 1.29 is 0 Å². The molecule has 4 rings (SSSR count). The number of aromatic amines is 1. The minimum Gasteiger partial charge on any atom is -0.380 e. The van der Waals surface area contributed by atoms with Gasteiger partial charge >= 0.3 is 0 Å². The Hall–Kier alpha value is -3.51. The molecular formula is C25H28N6. The van der Waals surface area contributed by atoms with Crippen molar-refractivity contribution in [3.05, 3.63) is 84.2 Å². The largest absolute Gasteiger partial charge is 0.380 e. The number of anilines is 1. The van der Waals surface area contributed by atoms with Crippen LogP contribution in [0.4, 0.5) is 5.69 Å². The van der Waals surface area contributed by atoms with Crippen molar-refractivity contribution in [2.75, 3.05) is 26.0 Å². The molecule has 4 aromatic rings. The SMILES string of the molecule is CN(C)CCCc1cccc(-c2n[nH]c(-c3ccccc3NCc3ccncc3)n2)c1. The molecule has 0 aliphatic heterocycles. The van der Waals surface area contributed by atoms with E-state index >= 15 is 0 Å². The van der Waals surface area contributed by atoms with E-state index in [1.54, 1.807) is 12.4 Å². The van der Waals surface area contributed by atoms with Gasteiger partial charge in [0.15, 0.2) is 11.6 Å². The van der Waals surface area contributed by atoms with Crippen LogP contribution in [0.15, 0.2) is 73.1 Å². The zero-order chi connectivity index (χ0) is 21.5. The van der Waals surface area contributed by atoms with E-state index in [1.807, 2.05) is 24.3 Å². The van der Waals surface area contributed by atoms with Gasteiger partial charge in [-0.05, 0) is 74.9 Å². The molecule has 0 saturated carbocycles. The van der Waals surface area contributed by atoms with Crippen LogP contribution in [-0.2, 0) is 13.0 Å². The van der Waals surface area contributed by atoms with Gasteiger partial charge in [0, 0.05) is 35.8 Å². The summed E-state index contributed by atoms with van der Waals surface area (Å²) in [6.07, 6.45) is 5.79. The molecule has 0 bridgehead atoms. The van der Waals surface area contributed by atoms with E-state index in [9.17, 15) is 0 Å². The van der Waals surface area contributed by atoms with Crippen molar-refractivity contribution in [2.45, 2.75) is 19.4 Å². The van der Waals surface area contributed by atoms with E-state index in [1.165, 1.54) is 11.1 Å². The fraction of sp³-hybridized carbons (Fsp3) is 0.240. The predicted octanol–water partition coefficient (Wildman–Crippen LogP) is 4.64. The van der Waals surface area contributed by atoms with Crippen molar-refractivity contribution in [1.29, 1.82) is 0 Å². The molecule has 0 saturated heterocycles. The number of aromatic nitrogens is 4. The van der Waals surface area contributed by atoms with E-state index < -0.39 is 0 Å². The molecule has 158 valence electrons. The van der Waals surface area contributed by atoms with Crippen molar-refractivity contribution >= 4 is 5.69 Å². The minimum atomic E-state index is 0.716. The van der Waals surface area contributed by atoms with Gasteiger partial charge in [0.25, 0.3) is 0 Å². The van der Waals surface area contributed by atoms with Crippen LogP contribution in [0.3, 0.4) is 0 Å². The van der Waals surface area contributed by atoms with Gasteiger partial charge in [-0.25, -0.2) is 4.98 Å². The lowest BCUT2D eigenvalue weighted by molar-refractivity contribution is 0.400. The standard InChI is InChI=1S/C25H28N6/c1-31(2)16-6-8-19-7-5-9-21(17-19)24-28-25(30-29-24)22-10-3-4-11-23(22)27-18-20-12-14-26-15-13-20/h3-5,7,9-15,17,27H,6,8,16,18H2,1-2H3,(H,28,29,30). The Kier molecular flexibility index (Phi) is 6.69. The molecule has 31 heavy (non-hydrogen) atoms. The second kappa shape index (κ2) is 10.00. The second-order valence-corrected chi connectivity index (χ2v) is 7.87. The molecule has 6 nitrogen and oxygen atoms in total. The molecule has 0 atom stereocenters. The van der Waals surface area contributed by atoms with Crippen LogP contribution in [-0.4, -0.2) is 45.7 Å². The normalized spacial score (nSPS) is 11.1. The summed E-state index contributed by atoms with van der Waals surface area (Å²) in [5, 5.41) is 11.1. The Balaban J connectivity index is 1.50. The van der Waals surface area contributed by atoms with Gasteiger partial charge in [-0.3, -0.25) is 10.1 Å². The van der Waals surface area contributed by atoms with Gasteiger partial charge in [0.05, 0.1) is 0 Å². The second-order valence-electron chi connectivity index (χ2n) is 7.87. The number of hydrogen-bond donors (Lipinski definition) is 2. The Morgan fingerprint density at radius 2 is 1.77 bits per heavy atom. The van der Waals surface area contributed by atoms with Gasteiger partial charge in [-0.15, -0.1) is 0 Å². The smallest absolute Gasteiger partial charge is 0.181 e. The third-order valence-electron chi connectivity index (χ3n) is 5.16. The first-order chi connectivity index (χ1) is 15.2. The average molecular weight is 413 g/mol. The lowest BCUT2D eigenvalue weighted by Gasteiger charge is -2.10. The number of nitrogens with zero attached hydrogens (tertiary/aromatic N) is 4. The van der Waals surface area contributed by atoms with Crippen LogP contribution in [0.5, 0.6) is 0 Å². The quantitative estimate of drug-likeness (QED) is 0.419. The van der Waals surface area contributed by atoms with Crippen molar-refractivity contribution in [1.82, 2.24) is 25.1 Å². The monoisotopic (exact) mass is 412 g/mol. The van der Waals surface area contributed by atoms with Crippen molar-refractivity contribution in [2.24, 2.45) is 0 Å². The third-order valence-corrected chi connectivity index (χ3v) is 5.16. The molecule has 0 radical (unpaired) electrons. The van der Waals surface area contributed by atoms with Crippen LogP contribution in [0.1, 0.15) is 17.5 Å². The summed E-state index contributed by atoms with van der Waals surface area (Å²) in [5.41, 5.74) is 5.53. The van der Waals surface area contributed by atoms with Gasteiger partial charge < -0.3 is 10.2 Å². The number of hydrogen-bond acceptors (Lipinski definition) is 5. The van der Waals surface area contributed by atoms with Crippen LogP contribution in [0.25, 0.3) is 22.8 Å². The maximum atomic E-state index is 4.79. The maximum absolute atomic E-state index is 4.79. The molecule has 0 amide bonds. The summed E-state index contributed by atoms with van der Waals surface area (Å²) >= 11 is 0. The summed E-state index contributed by atoms with van der Waals surface area (Å²) < 4.78 is 0. The molecule has 2 aromatic heterocycles. The van der Waals surface area contributed by atoms with E-state index in [-0.39, 0.29) is 0 Å². The molecule has 0 spiro atoms. The van der Waals surface area contributed by atoms with Crippen LogP contribution >= 0.6 is 0 Å². The van der Waals surface area contributed by atoms with E-state index in [2.05, 4.69) is 75.9 Å². The topological polar surface area (TPSA) is 69.7 Å². The number of para-hydroxylation sites is 1. The van der Waals surface area contributed by atoms with Crippen molar-refractivity contribution in [3.63, 3.8) is 0 Å². The number of H-pyrrole nitrogens is 1. The molecule has 0 fully saturated rings. The summed E-state index contributed by atoms with van der Waals surface area (Å²) in [6, 6.07) is 20.7. The Morgan fingerprint density at radius 1 is 0.935 bits per heavy atom. The number of benzene rings is 2.